The van der Waals surface area contributed by atoms with E-state index in [0.717, 1.165) is 57.8 Å². The van der Waals surface area contributed by atoms with Crippen molar-refractivity contribution in [2.24, 2.45) is 29.6 Å². The van der Waals surface area contributed by atoms with Gasteiger partial charge in [0.2, 0.25) is 0 Å². The third-order valence-corrected chi connectivity index (χ3v) is 7.89. The number of rotatable bonds is 10. The Kier molecular flexibility index (Phi) is 8.19. The van der Waals surface area contributed by atoms with Crippen molar-refractivity contribution in [1.82, 2.24) is 0 Å². The number of aliphatic hydroxyl groups is 2. The Hall–Kier alpha value is -0.650. The lowest BCUT2D eigenvalue weighted by Gasteiger charge is -2.46. The van der Waals surface area contributed by atoms with Crippen LogP contribution in [0.25, 0.3) is 0 Å². The monoisotopic (exact) mass is 396 g/mol. The van der Waals surface area contributed by atoms with Crippen molar-refractivity contribution >= 4 is 5.97 Å². The molecule has 28 heavy (non-hydrogen) atoms. The number of fused-ring (bicyclic) bond motifs is 2. The second-order valence-electron chi connectivity index (χ2n) is 9.69. The number of carboxylic acids is 1. The predicted molar refractivity (Wildman–Crippen MR) is 108 cm³/mol. The van der Waals surface area contributed by atoms with Crippen LogP contribution in [0.4, 0.5) is 0 Å². The molecular weight excluding hydrogens is 356 g/mol. The summed E-state index contributed by atoms with van der Waals surface area (Å²) in [6, 6.07) is 0. The van der Waals surface area contributed by atoms with Gasteiger partial charge in [0.1, 0.15) is 6.61 Å². The van der Waals surface area contributed by atoms with Crippen LogP contribution in [0, 0.1) is 29.6 Å². The van der Waals surface area contributed by atoms with E-state index in [1.165, 1.54) is 19.3 Å². The van der Waals surface area contributed by atoms with Gasteiger partial charge in [0.05, 0.1) is 18.3 Å². The summed E-state index contributed by atoms with van der Waals surface area (Å²) >= 11 is 0. The van der Waals surface area contributed by atoms with Crippen molar-refractivity contribution in [2.75, 3.05) is 6.61 Å². The predicted octanol–water partition coefficient (Wildman–Crippen LogP) is 4.00. The summed E-state index contributed by atoms with van der Waals surface area (Å²) in [4.78, 5) is 10.9. The normalized spacial score (nSPS) is 38.6. The Balaban J connectivity index is 1.53. The molecule has 0 aliphatic heterocycles. The fourth-order valence-corrected chi connectivity index (χ4v) is 6.53. The molecule has 162 valence electrons. The Morgan fingerprint density at radius 2 is 1.86 bits per heavy atom. The maximum Gasteiger partial charge on any atom is 0.329 e. The summed E-state index contributed by atoms with van der Waals surface area (Å²) in [5.41, 5.74) is 0. The molecular formula is C23H40O5. The van der Waals surface area contributed by atoms with Gasteiger partial charge in [-0.1, -0.05) is 32.6 Å². The molecule has 3 saturated carbocycles. The third-order valence-electron chi connectivity index (χ3n) is 7.89. The maximum atomic E-state index is 10.9. The second kappa shape index (κ2) is 10.4. The van der Waals surface area contributed by atoms with Crippen molar-refractivity contribution < 1.29 is 24.9 Å². The van der Waals surface area contributed by atoms with Crippen molar-refractivity contribution in [3.63, 3.8) is 0 Å². The molecule has 0 spiro atoms. The summed E-state index contributed by atoms with van der Waals surface area (Å²) in [5, 5.41) is 30.0. The number of aliphatic hydroxyl groups excluding tert-OH is 2. The van der Waals surface area contributed by atoms with Gasteiger partial charge < -0.3 is 20.1 Å². The zero-order valence-electron chi connectivity index (χ0n) is 17.5. The minimum Gasteiger partial charge on any atom is -0.480 e. The van der Waals surface area contributed by atoms with E-state index in [4.69, 9.17) is 9.84 Å². The number of hydrogen-bond donors (Lipinski definition) is 3. The highest BCUT2D eigenvalue weighted by molar-refractivity contribution is 5.68. The van der Waals surface area contributed by atoms with Gasteiger partial charge in [-0.25, -0.2) is 4.79 Å². The topological polar surface area (TPSA) is 87.0 Å². The van der Waals surface area contributed by atoms with E-state index >= 15 is 0 Å². The van der Waals surface area contributed by atoms with Gasteiger partial charge in [0.15, 0.2) is 0 Å². The lowest BCUT2D eigenvalue weighted by atomic mass is 9.61. The molecule has 3 fully saturated rings. The highest BCUT2D eigenvalue weighted by atomic mass is 16.5. The lowest BCUT2D eigenvalue weighted by Crippen LogP contribution is -2.42. The standard InChI is InChI=1S/C23H40O5/c1-2-3-4-7-17(24)9-10-18-19-11-15-6-5-8-22(28-14-23(26)27)20(15)12-16(19)13-21(18)25/h15-22,24-25H,2-14H2,1H3,(H,26,27)/t15?,16-,17?,18+,19-,20?,21+,22?/m0/s1. The molecule has 0 saturated heterocycles. The number of hydrogen-bond acceptors (Lipinski definition) is 4. The average Bonchev–Trinajstić information content (AvgIpc) is 2.97. The quantitative estimate of drug-likeness (QED) is 0.486. The van der Waals surface area contributed by atoms with E-state index in [-0.39, 0.29) is 24.9 Å². The Bertz CT molecular complexity index is 495. The van der Waals surface area contributed by atoms with E-state index in [1.54, 1.807) is 0 Å². The van der Waals surface area contributed by atoms with Crippen LogP contribution >= 0.6 is 0 Å². The minimum absolute atomic E-state index is 0.0763. The Morgan fingerprint density at radius 3 is 2.61 bits per heavy atom. The van der Waals surface area contributed by atoms with E-state index in [9.17, 15) is 15.0 Å². The first-order chi connectivity index (χ1) is 13.5. The first-order valence-corrected chi connectivity index (χ1v) is 11.7. The summed E-state index contributed by atoms with van der Waals surface area (Å²) in [6.45, 7) is 1.99. The number of unbranched alkanes of at least 4 members (excludes halogenated alkanes) is 2. The molecule has 8 atom stereocenters. The summed E-state index contributed by atoms with van der Waals surface area (Å²) in [5.74, 6) is 1.61. The third kappa shape index (κ3) is 5.48. The summed E-state index contributed by atoms with van der Waals surface area (Å²) in [6.07, 6.45) is 12.1. The number of aliphatic carboxylic acids is 1. The molecule has 3 aliphatic rings. The molecule has 3 aliphatic carbocycles. The molecule has 0 aromatic heterocycles. The van der Waals surface area contributed by atoms with Crippen LogP contribution in [0.5, 0.6) is 0 Å². The van der Waals surface area contributed by atoms with Gasteiger partial charge in [-0.05, 0) is 81.0 Å². The molecule has 5 nitrogen and oxygen atoms in total. The highest BCUT2D eigenvalue weighted by Gasteiger charge is 2.50. The zero-order chi connectivity index (χ0) is 20.1. The minimum atomic E-state index is -0.885. The molecule has 0 aromatic carbocycles. The Morgan fingerprint density at radius 1 is 1.07 bits per heavy atom. The van der Waals surface area contributed by atoms with Crippen molar-refractivity contribution in [2.45, 2.75) is 102 Å². The fourth-order valence-electron chi connectivity index (χ4n) is 6.53. The fraction of sp³-hybridized carbons (Fsp3) is 0.957. The van der Waals surface area contributed by atoms with Gasteiger partial charge in [-0.3, -0.25) is 0 Å². The van der Waals surface area contributed by atoms with Gasteiger partial charge in [-0.15, -0.1) is 0 Å². The number of carboxylic acid groups (broad SMARTS) is 1. The maximum absolute atomic E-state index is 10.9. The van der Waals surface area contributed by atoms with E-state index in [1.807, 2.05) is 0 Å². The van der Waals surface area contributed by atoms with Gasteiger partial charge in [0.25, 0.3) is 0 Å². The van der Waals surface area contributed by atoms with Gasteiger partial charge in [0, 0.05) is 0 Å². The van der Waals surface area contributed by atoms with Crippen LogP contribution in [0.2, 0.25) is 0 Å². The molecule has 0 bridgehead atoms. The zero-order valence-corrected chi connectivity index (χ0v) is 17.5. The molecule has 0 heterocycles. The lowest BCUT2D eigenvalue weighted by molar-refractivity contribution is -0.149. The number of carbonyl (C=O) groups is 1. The van der Waals surface area contributed by atoms with Crippen molar-refractivity contribution in [3.8, 4) is 0 Å². The van der Waals surface area contributed by atoms with Crippen LogP contribution < -0.4 is 0 Å². The molecule has 4 unspecified atom stereocenters. The molecule has 0 radical (unpaired) electrons. The van der Waals surface area contributed by atoms with Crippen LogP contribution in [-0.2, 0) is 9.53 Å². The highest BCUT2D eigenvalue weighted by Crippen LogP contribution is 2.54. The first kappa shape index (κ1) is 22.0. The molecule has 5 heteroatoms. The SMILES string of the molecule is CCCCCC(O)CC[C@@H]1[C@H]2CC3CCCC(OCC(=O)O)C3C[C@H]2C[C@H]1O. The largest absolute Gasteiger partial charge is 0.480 e. The first-order valence-electron chi connectivity index (χ1n) is 11.7. The second-order valence-corrected chi connectivity index (χ2v) is 9.69. The van der Waals surface area contributed by atoms with Crippen LogP contribution in [0.1, 0.15) is 84.0 Å². The molecule has 3 rings (SSSR count). The van der Waals surface area contributed by atoms with E-state index in [0.29, 0.717) is 29.6 Å². The molecule has 0 amide bonds. The molecule has 3 N–H and O–H groups in total. The van der Waals surface area contributed by atoms with Gasteiger partial charge in [-0.2, -0.15) is 0 Å². The summed E-state index contributed by atoms with van der Waals surface area (Å²) in [7, 11) is 0. The molecule has 0 aromatic rings. The van der Waals surface area contributed by atoms with Crippen molar-refractivity contribution in [3.05, 3.63) is 0 Å². The smallest absolute Gasteiger partial charge is 0.329 e. The van der Waals surface area contributed by atoms with E-state index in [2.05, 4.69) is 6.92 Å². The van der Waals surface area contributed by atoms with Crippen LogP contribution in [0.15, 0.2) is 0 Å². The van der Waals surface area contributed by atoms with Crippen molar-refractivity contribution in [1.29, 1.82) is 0 Å². The van der Waals surface area contributed by atoms with E-state index < -0.39 is 5.97 Å². The van der Waals surface area contributed by atoms with Gasteiger partial charge >= 0.3 is 5.97 Å². The van der Waals surface area contributed by atoms with Crippen LogP contribution in [0.3, 0.4) is 0 Å². The number of ether oxygens (including phenoxy) is 1. The van der Waals surface area contributed by atoms with Crippen LogP contribution in [-0.4, -0.2) is 46.2 Å². The summed E-state index contributed by atoms with van der Waals surface area (Å²) < 4.78 is 5.75. The average molecular weight is 397 g/mol. The Labute approximate surface area is 169 Å².